The average Bonchev–Trinajstić information content (AvgIpc) is 2.35. The van der Waals surface area contributed by atoms with Crippen LogP contribution in [-0.4, -0.2) is 35.9 Å². The first kappa shape index (κ1) is 13.6. The van der Waals surface area contributed by atoms with Gasteiger partial charge in [0.1, 0.15) is 0 Å². The normalized spacial score (nSPS) is 10.5. The molecule has 0 aliphatic carbocycles. The molecule has 0 aromatic carbocycles. The maximum atomic E-state index is 11.6. The quantitative estimate of drug-likeness (QED) is 0.777. The molecule has 0 bridgehead atoms. The van der Waals surface area contributed by atoms with E-state index in [1.54, 1.807) is 12.4 Å². The van der Waals surface area contributed by atoms with Gasteiger partial charge in [-0.2, -0.15) is 0 Å². The van der Waals surface area contributed by atoms with Crippen LogP contribution in [-0.2, 0) is 11.3 Å². The molecule has 0 saturated heterocycles. The van der Waals surface area contributed by atoms with E-state index in [0.717, 1.165) is 24.9 Å². The number of carbonyl (C=O) groups excluding carboxylic acids is 1. The highest BCUT2D eigenvalue weighted by Crippen LogP contribution is 1.95. The van der Waals surface area contributed by atoms with Crippen molar-refractivity contribution < 1.29 is 4.79 Å². The van der Waals surface area contributed by atoms with E-state index in [0.29, 0.717) is 13.1 Å². The zero-order chi connectivity index (χ0) is 12.5. The number of carbonyl (C=O) groups is 1. The third kappa shape index (κ3) is 6.02. The van der Waals surface area contributed by atoms with Gasteiger partial charge in [-0.1, -0.05) is 19.4 Å². The number of nitrogens with one attached hydrogen (secondary N) is 1. The molecule has 1 aromatic heterocycles. The number of amides is 1. The van der Waals surface area contributed by atoms with Crippen LogP contribution in [0.25, 0.3) is 0 Å². The monoisotopic (exact) mass is 235 g/mol. The van der Waals surface area contributed by atoms with Gasteiger partial charge in [-0.15, -0.1) is 0 Å². The summed E-state index contributed by atoms with van der Waals surface area (Å²) in [5.74, 6) is 0.0625. The molecule has 1 N–H and O–H groups in total. The SMILES string of the molecule is CCCCN(C)CC(=O)NCc1cccnc1. The van der Waals surface area contributed by atoms with E-state index < -0.39 is 0 Å². The van der Waals surface area contributed by atoms with Crippen molar-refractivity contribution in [1.82, 2.24) is 15.2 Å². The minimum absolute atomic E-state index is 0.0625. The number of nitrogens with zero attached hydrogens (tertiary/aromatic N) is 2. The summed E-state index contributed by atoms with van der Waals surface area (Å²) in [6, 6.07) is 3.82. The van der Waals surface area contributed by atoms with E-state index in [-0.39, 0.29) is 5.91 Å². The molecule has 94 valence electrons. The van der Waals surface area contributed by atoms with Crippen molar-refractivity contribution in [2.75, 3.05) is 20.1 Å². The number of aromatic nitrogens is 1. The molecule has 0 radical (unpaired) electrons. The highest BCUT2D eigenvalue weighted by Gasteiger charge is 2.05. The van der Waals surface area contributed by atoms with Gasteiger partial charge in [-0.25, -0.2) is 0 Å². The van der Waals surface area contributed by atoms with Gasteiger partial charge in [-0.3, -0.25) is 14.7 Å². The second-order valence-corrected chi connectivity index (χ2v) is 4.23. The van der Waals surface area contributed by atoms with E-state index in [4.69, 9.17) is 0 Å². The highest BCUT2D eigenvalue weighted by atomic mass is 16.2. The second kappa shape index (κ2) is 7.79. The third-order valence-corrected chi connectivity index (χ3v) is 2.52. The van der Waals surface area contributed by atoms with Crippen molar-refractivity contribution >= 4 is 5.91 Å². The molecule has 4 nitrogen and oxygen atoms in total. The summed E-state index contributed by atoms with van der Waals surface area (Å²) in [5.41, 5.74) is 1.03. The van der Waals surface area contributed by atoms with Crippen LogP contribution >= 0.6 is 0 Å². The van der Waals surface area contributed by atoms with Crippen LogP contribution in [0.5, 0.6) is 0 Å². The number of hydrogen-bond donors (Lipinski definition) is 1. The fraction of sp³-hybridized carbons (Fsp3) is 0.538. The van der Waals surface area contributed by atoms with Crippen LogP contribution in [0, 0.1) is 0 Å². The third-order valence-electron chi connectivity index (χ3n) is 2.52. The van der Waals surface area contributed by atoms with Gasteiger partial charge in [0.05, 0.1) is 6.54 Å². The summed E-state index contributed by atoms with van der Waals surface area (Å²) in [6.07, 6.45) is 5.78. The maximum Gasteiger partial charge on any atom is 0.234 e. The Balaban J connectivity index is 2.21. The summed E-state index contributed by atoms with van der Waals surface area (Å²) in [4.78, 5) is 17.7. The largest absolute Gasteiger partial charge is 0.351 e. The van der Waals surface area contributed by atoms with Crippen LogP contribution in [0.2, 0.25) is 0 Å². The molecule has 1 heterocycles. The van der Waals surface area contributed by atoms with Gasteiger partial charge in [0.2, 0.25) is 5.91 Å². The van der Waals surface area contributed by atoms with Gasteiger partial charge in [0.25, 0.3) is 0 Å². The summed E-state index contributed by atoms with van der Waals surface area (Å²) in [7, 11) is 1.97. The van der Waals surface area contributed by atoms with Crippen molar-refractivity contribution in [1.29, 1.82) is 0 Å². The van der Waals surface area contributed by atoms with E-state index >= 15 is 0 Å². The average molecular weight is 235 g/mol. The lowest BCUT2D eigenvalue weighted by atomic mass is 10.3. The van der Waals surface area contributed by atoms with Crippen LogP contribution in [0.15, 0.2) is 24.5 Å². The maximum absolute atomic E-state index is 11.6. The topological polar surface area (TPSA) is 45.2 Å². The fourth-order valence-electron chi connectivity index (χ4n) is 1.51. The van der Waals surface area contributed by atoms with Gasteiger partial charge in [0, 0.05) is 18.9 Å². The lowest BCUT2D eigenvalue weighted by Crippen LogP contribution is -2.35. The van der Waals surface area contributed by atoms with Gasteiger partial charge in [-0.05, 0) is 31.6 Å². The molecular weight excluding hydrogens is 214 g/mol. The van der Waals surface area contributed by atoms with E-state index in [9.17, 15) is 4.79 Å². The first-order chi connectivity index (χ1) is 8.22. The Morgan fingerprint density at radius 3 is 3.00 bits per heavy atom. The standard InChI is InChI=1S/C13H21N3O/c1-3-4-8-16(2)11-13(17)15-10-12-6-5-7-14-9-12/h5-7,9H,3-4,8,10-11H2,1-2H3,(H,15,17). The van der Waals surface area contributed by atoms with Crippen LogP contribution in [0.4, 0.5) is 0 Å². The summed E-state index contributed by atoms with van der Waals surface area (Å²) in [6.45, 7) is 4.13. The molecule has 1 amide bonds. The van der Waals surface area contributed by atoms with Crippen molar-refractivity contribution in [3.8, 4) is 0 Å². The Hall–Kier alpha value is -1.42. The smallest absolute Gasteiger partial charge is 0.234 e. The molecule has 1 rings (SSSR count). The molecule has 0 aliphatic rings. The molecule has 0 atom stereocenters. The Kier molecular flexibility index (Phi) is 6.25. The predicted octanol–water partition coefficient (Wildman–Crippen LogP) is 1.43. The minimum atomic E-state index is 0.0625. The molecular formula is C13H21N3O. The number of pyridine rings is 1. The summed E-state index contributed by atoms with van der Waals surface area (Å²) in [5, 5.41) is 2.89. The molecule has 0 saturated carbocycles. The first-order valence-electron chi connectivity index (χ1n) is 6.06. The number of unbranched alkanes of at least 4 members (excludes halogenated alkanes) is 1. The molecule has 0 aliphatic heterocycles. The van der Waals surface area contributed by atoms with E-state index in [1.165, 1.54) is 0 Å². The van der Waals surface area contributed by atoms with Crippen molar-refractivity contribution in [2.45, 2.75) is 26.3 Å². The molecule has 4 heteroatoms. The van der Waals surface area contributed by atoms with E-state index in [2.05, 4.69) is 17.2 Å². The van der Waals surface area contributed by atoms with Crippen LogP contribution in [0.1, 0.15) is 25.3 Å². The molecule has 1 aromatic rings. The number of likely N-dealkylation sites (N-methyl/N-ethyl adjacent to an activating group) is 1. The minimum Gasteiger partial charge on any atom is -0.351 e. The highest BCUT2D eigenvalue weighted by molar-refractivity contribution is 5.77. The van der Waals surface area contributed by atoms with Crippen LogP contribution < -0.4 is 5.32 Å². The fourth-order valence-corrected chi connectivity index (χ4v) is 1.51. The number of rotatable bonds is 7. The molecule has 0 unspecified atom stereocenters. The Morgan fingerprint density at radius 2 is 2.35 bits per heavy atom. The summed E-state index contributed by atoms with van der Waals surface area (Å²) < 4.78 is 0. The van der Waals surface area contributed by atoms with Gasteiger partial charge < -0.3 is 5.32 Å². The zero-order valence-electron chi connectivity index (χ0n) is 10.6. The summed E-state index contributed by atoms with van der Waals surface area (Å²) >= 11 is 0. The van der Waals surface area contributed by atoms with E-state index in [1.807, 2.05) is 24.1 Å². The molecule has 0 fully saturated rings. The van der Waals surface area contributed by atoms with Gasteiger partial charge in [0.15, 0.2) is 0 Å². The Bertz CT molecular complexity index is 327. The van der Waals surface area contributed by atoms with Crippen molar-refractivity contribution in [2.24, 2.45) is 0 Å². The van der Waals surface area contributed by atoms with Gasteiger partial charge >= 0.3 is 0 Å². The zero-order valence-corrected chi connectivity index (χ0v) is 10.6. The Morgan fingerprint density at radius 1 is 1.53 bits per heavy atom. The predicted molar refractivity (Wildman–Crippen MR) is 68.5 cm³/mol. The first-order valence-corrected chi connectivity index (χ1v) is 6.06. The lowest BCUT2D eigenvalue weighted by molar-refractivity contribution is -0.122. The lowest BCUT2D eigenvalue weighted by Gasteiger charge is -2.15. The Labute approximate surface area is 103 Å². The molecule has 0 spiro atoms. The molecule has 17 heavy (non-hydrogen) atoms. The van der Waals surface area contributed by atoms with Crippen molar-refractivity contribution in [3.05, 3.63) is 30.1 Å². The van der Waals surface area contributed by atoms with Crippen LogP contribution in [0.3, 0.4) is 0 Å². The second-order valence-electron chi connectivity index (χ2n) is 4.23. The van der Waals surface area contributed by atoms with Crippen molar-refractivity contribution in [3.63, 3.8) is 0 Å². The number of hydrogen-bond acceptors (Lipinski definition) is 3.